The van der Waals surface area contributed by atoms with Gasteiger partial charge in [0.1, 0.15) is 80.2 Å². The lowest BCUT2D eigenvalue weighted by atomic mass is 9.93. The van der Waals surface area contributed by atoms with Crippen molar-refractivity contribution in [3.05, 3.63) is 160 Å². The second-order valence-electron chi connectivity index (χ2n) is 22.2. The average molecular weight is 1260 g/mol. The summed E-state index contributed by atoms with van der Waals surface area (Å²) >= 11 is 5.25. The molecule has 2 aliphatic carbocycles. The van der Waals surface area contributed by atoms with Crippen molar-refractivity contribution in [2.45, 2.75) is 72.5 Å². The molecule has 89 heavy (non-hydrogen) atoms. The fourth-order valence-electron chi connectivity index (χ4n) is 12.2. The number of nitriles is 4. The van der Waals surface area contributed by atoms with Crippen molar-refractivity contribution >= 4 is 114 Å². The summed E-state index contributed by atoms with van der Waals surface area (Å²) in [6, 6.07) is 17.7. The number of halogens is 4. The number of benzene rings is 3. The Hall–Kier alpha value is -10.1. The molecule has 0 N–H and O–H groups in total. The Morgan fingerprint density at radius 1 is 0.517 bits per heavy atom. The van der Waals surface area contributed by atoms with Gasteiger partial charge in [-0.2, -0.15) is 21.0 Å². The quantitative estimate of drug-likeness (QED) is 0.0474. The molecule has 0 spiro atoms. The van der Waals surface area contributed by atoms with E-state index in [1.807, 2.05) is 53.7 Å². The lowest BCUT2D eigenvalue weighted by Gasteiger charge is -2.31. The molecular weight excluding hydrogens is 1220 g/mol. The summed E-state index contributed by atoms with van der Waals surface area (Å²) < 4.78 is 72.2. The molecule has 14 rings (SSSR count). The molecule has 23 heteroatoms. The molecule has 6 aromatic heterocycles. The Labute approximate surface area is 518 Å². The van der Waals surface area contributed by atoms with Gasteiger partial charge < -0.3 is 9.47 Å². The van der Waals surface area contributed by atoms with Crippen LogP contribution in [-0.4, -0.2) is 54.8 Å². The van der Waals surface area contributed by atoms with E-state index < -0.39 is 69.0 Å². The fourth-order valence-corrected chi connectivity index (χ4v) is 17.3. The minimum atomic E-state index is -1.26. The second-order valence-corrected chi connectivity index (χ2v) is 26.5. The van der Waals surface area contributed by atoms with Crippen molar-refractivity contribution in [1.29, 1.82) is 21.0 Å². The van der Waals surface area contributed by atoms with Crippen LogP contribution in [0.3, 0.4) is 0 Å². The number of aryl methyl sites for hydroxylation is 2. The van der Waals surface area contributed by atoms with Gasteiger partial charge in [0.05, 0.1) is 30.9 Å². The van der Waals surface area contributed by atoms with Crippen LogP contribution in [0.4, 0.5) is 17.6 Å². The van der Waals surface area contributed by atoms with Gasteiger partial charge in [0, 0.05) is 81.7 Å². The van der Waals surface area contributed by atoms with Crippen LogP contribution < -0.4 is 9.47 Å². The number of imide groups is 1. The van der Waals surface area contributed by atoms with Crippen LogP contribution in [0.1, 0.15) is 134 Å². The molecule has 5 aliphatic rings. The van der Waals surface area contributed by atoms with Crippen molar-refractivity contribution in [3.63, 3.8) is 0 Å². The first-order chi connectivity index (χ1) is 42.6. The minimum Gasteiger partial charge on any atom is -0.482 e. The number of fused-ring (bicyclic) bond motifs is 11. The smallest absolute Gasteiger partial charge is 0.281 e. The molecule has 0 saturated carbocycles. The summed E-state index contributed by atoms with van der Waals surface area (Å²) in [6.07, 6.45) is 3.93. The number of amides is 2. The number of carbonyl (C=O) groups is 4. The summed E-state index contributed by atoms with van der Waals surface area (Å²) in [6.45, 7) is 13.2. The van der Waals surface area contributed by atoms with Gasteiger partial charge in [-0.1, -0.05) is 13.8 Å². The van der Waals surface area contributed by atoms with Crippen molar-refractivity contribution in [2.75, 3.05) is 6.54 Å². The van der Waals surface area contributed by atoms with Gasteiger partial charge in [0.25, 0.3) is 11.8 Å². The van der Waals surface area contributed by atoms with E-state index in [9.17, 15) is 57.8 Å². The van der Waals surface area contributed by atoms with E-state index in [1.165, 1.54) is 57.5 Å². The molecule has 2 amide bonds. The first-order valence-electron chi connectivity index (χ1n) is 27.6. The molecule has 0 radical (unpaired) electrons. The first-order valence-corrected chi connectivity index (χ1v) is 30.8. The Morgan fingerprint density at radius 3 is 1.22 bits per heavy atom. The van der Waals surface area contributed by atoms with Gasteiger partial charge in [0.2, 0.25) is 0 Å². The Kier molecular flexibility index (Phi) is 12.7. The lowest BCUT2D eigenvalue weighted by molar-refractivity contribution is 0.0658. The number of hydrogen-bond donors (Lipinski definition) is 0. The van der Waals surface area contributed by atoms with E-state index in [4.69, 9.17) is 29.4 Å². The van der Waals surface area contributed by atoms with Crippen LogP contribution in [0.5, 0.6) is 11.5 Å². The second kappa shape index (κ2) is 19.9. The number of rotatable bonds is 7. The molecule has 0 fully saturated rings. The SMILES string of the molecule is CCc1nc2c(-c3cc4c(s3)-c3sc(/C=C5\C(=O)c6cc(F)c(F)cc6C5=C(C#N)C#N)cc3OC4(C)C)c3nc4c(nc3c(-c3cc5c(s3)-c3sc(/C=C6\C(=O)c7cc(F)c(F)cc7C6=C(C#N)C#N)cc3OC5(C)C)c2nc1CC)C(=O)N(CC)C4=O. The van der Waals surface area contributed by atoms with Crippen LogP contribution in [0.2, 0.25) is 0 Å². The summed E-state index contributed by atoms with van der Waals surface area (Å²) in [5.74, 6) is -6.81. The summed E-state index contributed by atoms with van der Waals surface area (Å²) in [4.78, 5) is 83.7. The molecule has 0 saturated heterocycles. The molecule has 9 heterocycles. The number of aromatic nitrogens is 4. The number of thiophene rings is 4. The van der Waals surface area contributed by atoms with E-state index in [-0.39, 0.29) is 73.5 Å². The number of allylic oxidation sites excluding steroid dienone is 6. The molecule has 434 valence electrons. The van der Waals surface area contributed by atoms with Gasteiger partial charge in [-0.05, 0) is 119 Å². The number of ketones is 2. The molecule has 3 aliphatic heterocycles. The van der Waals surface area contributed by atoms with Gasteiger partial charge in [-0.3, -0.25) is 24.1 Å². The Bertz CT molecular complexity index is 4910. The molecule has 9 aromatic rings. The predicted molar refractivity (Wildman–Crippen MR) is 327 cm³/mol. The summed E-state index contributed by atoms with van der Waals surface area (Å²) in [7, 11) is 0. The van der Waals surface area contributed by atoms with E-state index in [2.05, 4.69) is 0 Å². The van der Waals surface area contributed by atoms with Crippen molar-refractivity contribution in [2.24, 2.45) is 0 Å². The molecule has 3 aromatic carbocycles. The van der Waals surface area contributed by atoms with Gasteiger partial charge in [-0.25, -0.2) is 37.5 Å². The zero-order chi connectivity index (χ0) is 62.8. The highest BCUT2D eigenvalue weighted by Crippen LogP contribution is 2.59. The van der Waals surface area contributed by atoms with Crippen molar-refractivity contribution in [1.82, 2.24) is 24.8 Å². The summed E-state index contributed by atoms with van der Waals surface area (Å²) in [5, 5.41) is 40.0. The van der Waals surface area contributed by atoms with E-state index in [1.54, 1.807) is 43.3 Å². The van der Waals surface area contributed by atoms with Crippen LogP contribution in [0.25, 0.3) is 85.8 Å². The Morgan fingerprint density at radius 2 is 0.876 bits per heavy atom. The maximum absolute atomic E-state index is 14.7. The van der Waals surface area contributed by atoms with E-state index in [0.29, 0.717) is 87.2 Å². The highest BCUT2D eigenvalue weighted by molar-refractivity contribution is 7.25. The predicted octanol–water partition coefficient (Wildman–Crippen LogP) is 15.2. The van der Waals surface area contributed by atoms with Crippen LogP contribution >= 0.6 is 45.3 Å². The van der Waals surface area contributed by atoms with Crippen LogP contribution in [0, 0.1) is 68.6 Å². The third kappa shape index (κ3) is 8.19. The standard InChI is InChI=1S/C66H37F4N9O6S4/c1-8-41-42(9-2)76-52-50(46-20-36-60(89-46)62-44(85-66(36,6)7)14-28(87-62)12-34-48(26(23-73)24-74)30-16-38(68)40(70)18-32(30)58(34)81)54-53(77-55-56(78-54)64(83)79(10-3)63(55)82)49(51(52)75-41)45-19-35-59(88-45)61-43(84-65(35,4)5)13-27(86-61)11-33-47(25(21-71)22-72)29-15-37(67)39(69)17-31(29)57(33)80/h11-20H,8-10H2,1-7H3/b33-11-,34-12-. The zero-order valence-electron chi connectivity index (χ0n) is 47.5. The zero-order valence-corrected chi connectivity index (χ0v) is 50.8. The molecule has 0 bridgehead atoms. The van der Waals surface area contributed by atoms with Crippen LogP contribution in [-0.2, 0) is 24.0 Å². The topological polar surface area (TPSA) is 237 Å². The highest BCUT2D eigenvalue weighted by Gasteiger charge is 2.44. The Balaban J connectivity index is 0.975. The molecule has 15 nitrogen and oxygen atoms in total. The van der Waals surface area contributed by atoms with Gasteiger partial charge in [0.15, 0.2) is 46.2 Å². The average Bonchev–Trinajstić information content (AvgIpc) is 1.71. The first kappa shape index (κ1) is 56.7. The van der Waals surface area contributed by atoms with Gasteiger partial charge >= 0.3 is 0 Å². The largest absolute Gasteiger partial charge is 0.482 e. The monoisotopic (exact) mass is 1260 g/mol. The van der Waals surface area contributed by atoms with Crippen molar-refractivity contribution < 1.29 is 46.2 Å². The van der Waals surface area contributed by atoms with Crippen molar-refractivity contribution in [3.8, 4) is 76.2 Å². The molecule has 0 unspecified atom stereocenters. The number of Topliss-reactive ketones (excluding diaryl/α,β-unsaturated/α-hetero) is 2. The maximum atomic E-state index is 14.7. The molecule has 0 atom stereocenters. The lowest BCUT2D eigenvalue weighted by Crippen LogP contribution is -2.29. The number of hydrogen-bond acceptors (Lipinski definition) is 18. The maximum Gasteiger partial charge on any atom is 0.281 e. The third-order valence-corrected chi connectivity index (χ3v) is 21.1. The minimum absolute atomic E-state index is 0.0425. The fraction of sp³-hybridized carbons (Fsp3) is 0.182. The van der Waals surface area contributed by atoms with Gasteiger partial charge in [-0.15, -0.1) is 45.3 Å². The number of carbonyl (C=O) groups excluding carboxylic acids is 4. The third-order valence-electron chi connectivity index (χ3n) is 16.3. The number of ether oxygens (including phenoxy) is 2. The van der Waals surface area contributed by atoms with E-state index in [0.717, 1.165) is 50.0 Å². The molecular formula is C66H37F4N9O6S4. The number of nitrogens with zero attached hydrogens (tertiary/aromatic N) is 9. The normalized spacial score (nSPS) is 16.3. The van der Waals surface area contributed by atoms with E-state index >= 15 is 0 Å². The summed E-state index contributed by atoms with van der Waals surface area (Å²) in [5.41, 5.74) is 0.889. The van der Waals surface area contributed by atoms with Crippen LogP contribution in [0.15, 0.2) is 70.8 Å². The highest BCUT2D eigenvalue weighted by atomic mass is 32.1.